The average molecular weight is 392 g/mol. The molecule has 2 saturated heterocycles. The molecule has 0 unspecified atom stereocenters. The number of nitrogens with one attached hydrogen (secondary N) is 1. The van der Waals surface area contributed by atoms with E-state index in [0.717, 1.165) is 61.7 Å². The molecule has 4 nitrogen and oxygen atoms in total. The molecule has 0 radical (unpaired) electrons. The molecule has 1 aromatic carbocycles. The summed E-state index contributed by atoms with van der Waals surface area (Å²) in [4.78, 5) is 15.1. The molecule has 1 spiro atoms. The molecule has 3 heterocycles. The summed E-state index contributed by atoms with van der Waals surface area (Å²) in [5.41, 5.74) is 3.96. The highest BCUT2D eigenvalue weighted by Gasteiger charge is 2.38. The van der Waals surface area contributed by atoms with Gasteiger partial charge in [-0.1, -0.05) is 0 Å². The zero-order chi connectivity index (χ0) is 18.3. The number of piperidine rings is 1. The first-order valence-corrected chi connectivity index (χ1v) is 9.44. The van der Waals surface area contributed by atoms with Crippen molar-refractivity contribution in [1.82, 2.24) is 14.8 Å². The normalized spacial score (nSPS) is 18.6. The van der Waals surface area contributed by atoms with Gasteiger partial charge in [0.05, 0.1) is 5.56 Å². The Bertz CT molecular complexity index is 815. The van der Waals surface area contributed by atoms with Crippen molar-refractivity contribution in [2.75, 3.05) is 26.2 Å². The first-order valence-electron chi connectivity index (χ1n) is 9.44. The lowest BCUT2D eigenvalue weighted by atomic mass is 9.78. The van der Waals surface area contributed by atoms with Crippen LogP contribution in [0.5, 0.6) is 0 Å². The molecular formula is C21H27ClFN3O. The lowest BCUT2D eigenvalue weighted by molar-refractivity contribution is 0.0607. The number of rotatable bonds is 2. The van der Waals surface area contributed by atoms with Gasteiger partial charge in [-0.05, 0) is 75.4 Å². The lowest BCUT2D eigenvalue weighted by Gasteiger charge is -2.38. The minimum atomic E-state index is -0.254. The van der Waals surface area contributed by atoms with Gasteiger partial charge in [0.2, 0.25) is 0 Å². The van der Waals surface area contributed by atoms with Crippen molar-refractivity contribution >= 4 is 18.3 Å². The molecule has 146 valence electrons. The maximum absolute atomic E-state index is 13.2. The van der Waals surface area contributed by atoms with Crippen molar-refractivity contribution in [1.29, 1.82) is 0 Å². The average Bonchev–Trinajstić information content (AvgIpc) is 3.21. The van der Waals surface area contributed by atoms with E-state index in [1.165, 1.54) is 18.6 Å². The second kappa shape index (κ2) is 7.64. The van der Waals surface area contributed by atoms with Gasteiger partial charge in [-0.3, -0.25) is 4.79 Å². The van der Waals surface area contributed by atoms with Crippen molar-refractivity contribution in [2.45, 2.75) is 33.1 Å². The fraction of sp³-hybridized carbons (Fsp3) is 0.476. The van der Waals surface area contributed by atoms with Crippen LogP contribution in [0.15, 0.2) is 30.3 Å². The van der Waals surface area contributed by atoms with Crippen LogP contribution in [0.2, 0.25) is 0 Å². The molecule has 27 heavy (non-hydrogen) atoms. The van der Waals surface area contributed by atoms with Gasteiger partial charge < -0.3 is 14.8 Å². The van der Waals surface area contributed by atoms with E-state index in [0.29, 0.717) is 5.41 Å². The van der Waals surface area contributed by atoms with E-state index in [4.69, 9.17) is 0 Å². The third-order valence-corrected chi connectivity index (χ3v) is 6.19. The Morgan fingerprint density at radius 3 is 2.37 bits per heavy atom. The molecule has 2 aliphatic rings. The van der Waals surface area contributed by atoms with Gasteiger partial charge >= 0.3 is 0 Å². The molecule has 0 aliphatic carbocycles. The van der Waals surface area contributed by atoms with E-state index in [9.17, 15) is 9.18 Å². The van der Waals surface area contributed by atoms with E-state index < -0.39 is 0 Å². The molecule has 2 aliphatic heterocycles. The summed E-state index contributed by atoms with van der Waals surface area (Å²) in [6, 6.07) is 8.37. The molecule has 0 saturated carbocycles. The van der Waals surface area contributed by atoms with Gasteiger partial charge in [-0.25, -0.2) is 4.39 Å². The molecule has 2 fully saturated rings. The monoisotopic (exact) mass is 391 g/mol. The van der Waals surface area contributed by atoms with Crippen LogP contribution in [0.4, 0.5) is 4.39 Å². The molecule has 6 heteroatoms. The standard InChI is InChI=1S/C21H26FN3O.ClH/c1-15-13-19(16(2)25(15)18-5-3-17(22)4-6-18)20(26)24-11-8-21(9-12-24)7-10-23-14-21;/h3-6,13,23H,7-12,14H2,1-2H3;1H. The van der Waals surface area contributed by atoms with Crippen molar-refractivity contribution in [2.24, 2.45) is 5.41 Å². The maximum Gasteiger partial charge on any atom is 0.255 e. The van der Waals surface area contributed by atoms with Crippen LogP contribution < -0.4 is 5.32 Å². The Labute approximate surface area is 166 Å². The largest absolute Gasteiger partial charge is 0.339 e. The summed E-state index contributed by atoms with van der Waals surface area (Å²) < 4.78 is 15.3. The van der Waals surface area contributed by atoms with E-state index in [1.54, 1.807) is 12.1 Å². The number of carbonyl (C=O) groups excluding carboxylic acids is 1. The van der Waals surface area contributed by atoms with Gasteiger partial charge in [-0.15, -0.1) is 12.4 Å². The Morgan fingerprint density at radius 2 is 1.78 bits per heavy atom. The maximum atomic E-state index is 13.2. The predicted octanol–water partition coefficient (Wildman–Crippen LogP) is 3.87. The number of amides is 1. The van der Waals surface area contributed by atoms with Crippen LogP contribution in [-0.4, -0.2) is 41.6 Å². The molecule has 2 aromatic rings. The second-order valence-electron chi connectivity index (χ2n) is 7.82. The Hall–Kier alpha value is -1.85. The summed E-state index contributed by atoms with van der Waals surface area (Å²) in [6.07, 6.45) is 3.40. The zero-order valence-corrected chi connectivity index (χ0v) is 16.7. The molecule has 0 atom stereocenters. The number of aromatic nitrogens is 1. The van der Waals surface area contributed by atoms with Crippen LogP contribution in [-0.2, 0) is 0 Å². The van der Waals surface area contributed by atoms with E-state index in [-0.39, 0.29) is 24.1 Å². The van der Waals surface area contributed by atoms with Gasteiger partial charge in [0.1, 0.15) is 5.82 Å². The van der Waals surface area contributed by atoms with Crippen molar-refractivity contribution in [3.8, 4) is 5.69 Å². The number of hydrogen-bond donors (Lipinski definition) is 1. The highest BCUT2D eigenvalue weighted by Crippen LogP contribution is 2.37. The fourth-order valence-electron chi connectivity index (χ4n) is 4.54. The van der Waals surface area contributed by atoms with Crippen molar-refractivity contribution in [3.05, 3.63) is 53.1 Å². The number of benzene rings is 1. The summed E-state index contributed by atoms with van der Waals surface area (Å²) in [6.45, 7) is 7.82. The Morgan fingerprint density at radius 1 is 1.11 bits per heavy atom. The summed E-state index contributed by atoms with van der Waals surface area (Å²) >= 11 is 0. The van der Waals surface area contributed by atoms with Gasteiger partial charge in [0.15, 0.2) is 0 Å². The van der Waals surface area contributed by atoms with Crippen molar-refractivity contribution in [3.63, 3.8) is 0 Å². The van der Waals surface area contributed by atoms with Crippen LogP contribution in [0.1, 0.15) is 41.0 Å². The van der Waals surface area contributed by atoms with Crippen LogP contribution >= 0.6 is 12.4 Å². The third kappa shape index (κ3) is 3.63. The zero-order valence-electron chi connectivity index (χ0n) is 15.9. The van der Waals surface area contributed by atoms with Gasteiger partial charge in [0, 0.05) is 36.7 Å². The quantitative estimate of drug-likeness (QED) is 0.843. The number of carbonyl (C=O) groups is 1. The molecule has 1 N–H and O–H groups in total. The number of hydrogen-bond acceptors (Lipinski definition) is 2. The van der Waals surface area contributed by atoms with Crippen LogP contribution in [0.25, 0.3) is 5.69 Å². The lowest BCUT2D eigenvalue weighted by Crippen LogP contribution is -2.44. The molecule has 4 rings (SSSR count). The summed E-state index contributed by atoms with van der Waals surface area (Å²) in [7, 11) is 0. The first kappa shape index (κ1) is 19.9. The molecule has 0 bridgehead atoms. The SMILES string of the molecule is Cc1cc(C(=O)N2CCC3(CCNC3)CC2)c(C)n1-c1ccc(F)cc1.Cl. The van der Waals surface area contributed by atoms with Crippen LogP contribution in [0.3, 0.4) is 0 Å². The number of aryl methyl sites for hydroxylation is 1. The Balaban J connectivity index is 0.00000210. The highest BCUT2D eigenvalue weighted by atomic mass is 35.5. The Kier molecular flexibility index (Phi) is 5.63. The van der Waals surface area contributed by atoms with Crippen molar-refractivity contribution < 1.29 is 9.18 Å². The predicted molar refractivity (Wildman–Crippen MR) is 108 cm³/mol. The summed E-state index contributed by atoms with van der Waals surface area (Å²) in [5.74, 6) is -0.136. The number of nitrogens with zero attached hydrogens (tertiary/aromatic N) is 2. The third-order valence-electron chi connectivity index (χ3n) is 6.19. The molecular weight excluding hydrogens is 365 g/mol. The topological polar surface area (TPSA) is 37.3 Å². The first-order chi connectivity index (χ1) is 12.5. The second-order valence-corrected chi connectivity index (χ2v) is 7.82. The highest BCUT2D eigenvalue weighted by molar-refractivity contribution is 5.96. The fourth-order valence-corrected chi connectivity index (χ4v) is 4.54. The molecule has 1 aromatic heterocycles. The molecule has 1 amide bonds. The summed E-state index contributed by atoms with van der Waals surface area (Å²) in [5, 5.41) is 3.47. The number of halogens is 2. The minimum absolute atomic E-state index is 0. The van der Waals surface area contributed by atoms with E-state index in [1.807, 2.05) is 29.4 Å². The number of likely N-dealkylation sites (tertiary alicyclic amines) is 1. The smallest absolute Gasteiger partial charge is 0.255 e. The van der Waals surface area contributed by atoms with Gasteiger partial charge in [-0.2, -0.15) is 0 Å². The van der Waals surface area contributed by atoms with E-state index in [2.05, 4.69) is 5.32 Å². The van der Waals surface area contributed by atoms with E-state index >= 15 is 0 Å². The van der Waals surface area contributed by atoms with Gasteiger partial charge in [0.25, 0.3) is 5.91 Å². The minimum Gasteiger partial charge on any atom is -0.339 e. The van der Waals surface area contributed by atoms with Crippen LogP contribution in [0, 0.1) is 25.1 Å².